The van der Waals surface area contributed by atoms with Gasteiger partial charge in [-0.25, -0.2) is 9.97 Å². The van der Waals surface area contributed by atoms with E-state index in [2.05, 4.69) is 15.3 Å². The van der Waals surface area contributed by atoms with E-state index in [0.717, 1.165) is 12.1 Å². The number of nitrogens with one attached hydrogen (secondary N) is 1. The van der Waals surface area contributed by atoms with Gasteiger partial charge in [-0.1, -0.05) is 24.3 Å². The molecule has 1 aliphatic heterocycles. The number of hydrogen-bond donors (Lipinski definition) is 1. The van der Waals surface area contributed by atoms with Crippen molar-refractivity contribution in [2.24, 2.45) is 5.92 Å². The quantitative estimate of drug-likeness (QED) is 0.514. The van der Waals surface area contributed by atoms with Crippen LogP contribution < -0.4 is 10.2 Å². The third-order valence-corrected chi connectivity index (χ3v) is 5.40. The van der Waals surface area contributed by atoms with Crippen molar-refractivity contribution in [2.75, 3.05) is 23.3 Å². The van der Waals surface area contributed by atoms with E-state index in [1.54, 1.807) is 12.1 Å². The number of piperidine rings is 1. The number of nitrogens with zero attached hydrogens (tertiary/aromatic N) is 3. The van der Waals surface area contributed by atoms with Crippen LogP contribution >= 0.6 is 0 Å². The van der Waals surface area contributed by atoms with E-state index in [1.807, 2.05) is 0 Å². The van der Waals surface area contributed by atoms with Crippen LogP contribution in [0.3, 0.4) is 0 Å². The Hall–Kier alpha value is -3.37. The number of halogens is 6. The van der Waals surface area contributed by atoms with Gasteiger partial charge in [0.15, 0.2) is 11.5 Å². The number of benzene rings is 2. The Labute approximate surface area is 184 Å². The number of fused-ring (bicyclic) bond motifs is 1. The summed E-state index contributed by atoms with van der Waals surface area (Å²) in [5.74, 6) is -1.91. The highest BCUT2D eigenvalue weighted by Gasteiger charge is 2.40. The first kappa shape index (κ1) is 22.8. The number of hydrogen-bond acceptors (Lipinski definition) is 4. The molecule has 174 valence electrons. The molecule has 4 rings (SSSR count). The van der Waals surface area contributed by atoms with Crippen LogP contribution in [-0.2, 0) is 17.1 Å². The van der Waals surface area contributed by atoms with Crippen LogP contribution in [0, 0.1) is 5.92 Å². The molecule has 2 aromatic carbocycles. The zero-order valence-corrected chi connectivity index (χ0v) is 17.0. The molecule has 1 fully saturated rings. The predicted octanol–water partition coefficient (Wildman–Crippen LogP) is 5.52. The minimum Gasteiger partial charge on any atom is -0.354 e. The van der Waals surface area contributed by atoms with Crippen molar-refractivity contribution < 1.29 is 31.1 Å². The van der Waals surface area contributed by atoms with Crippen molar-refractivity contribution in [3.63, 3.8) is 0 Å². The molecule has 1 N–H and O–H groups in total. The first-order chi connectivity index (χ1) is 15.5. The summed E-state index contributed by atoms with van der Waals surface area (Å²) in [5, 5.41) is 2.29. The second-order valence-corrected chi connectivity index (χ2v) is 7.70. The van der Waals surface area contributed by atoms with Gasteiger partial charge >= 0.3 is 12.4 Å². The van der Waals surface area contributed by atoms with Crippen LogP contribution in [0.4, 0.5) is 37.8 Å². The summed E-state index contributed by atoms with van der Waals surface area (Å²) in [6.07, 6.45) is -8.75. The van der Waals surface area contributed by atoms with Crippen molar-refractivity contribution in [1.82, 2.24) is 9.97 Å². The summed E-state index contributed by atoms with van der Waals surface area (Å²) in [7, 11) is 0. The predicted molar refractivity (Wildman–Crippen MR) is 110 cm³/mol. The average Bonchev–Trinajstić information content (AvgIpc) is 2.77. The van der Waals surface area contributed by atoms with Gasteiger partial charge in [0.05, 0.1) is 28.2 Å². The molecule has 0 spiro atoms. The smallest absolute Gasteiger partial charge is 0.354 e. The van der Waals surface area contributed by atoms with E-state index < -0.39 is 46.9 Å². The van der Waals surface area contributed by atoms with Gasteiger partial charge in [0.25, 0.3) is 0 Å². The summed E-state index contributed by atoms with van der Waals surface area (Å²) in [6, 6.07) is 10.7. The average molecular weight is 468 g/mol. The molecular formula is C22H18F6N4O. The maximum Gasteiger partial charge on any atom is 0.437 e. The van der Waals surface area contributed by atoms with Gasteiger partial charge in [-0.3, -0.25) is 4.79 Å². The highest BCUT2D eigenvalue weighted by atomic mass is 19.4. The van der Waals surface area contributed by atoms with Gasteiger partial charge in [-0.15, -0.1) is 0 Å². The third-order valence-electron chi connectivity index (χ3n) is 5.40. The molecule has 0 aliphatic carbocycles. The van der Waals surface area contributed by atoms with Crippen LogP contribution in [0.25, 0.3) is 11.0 Å². The maximum absolute atomic E-state index is 13.7. The molecule has 11 heteroatoms. The Morgan fingerprint density at radius 2 is 1.55 bits per heavy atom. The highest BCUT2D eigenvalue weighted by Crippen LogP contribution is 2.38. The van der Waals surface area contributed by atoms with E-state index >= 15 is 0 Å². The van der Waals surface area contributed by atoms with Gasteiger partial charge in [0, 0.05) is 13.1 Å². The zero-order valence-electron chi connectivity index (χ0n) is 17.0. The fourth-order valence-electron chi connectivity index (χ4n) is 3.86. The van der Waals surface area contributed by atoms with Gasteiger partial charge in [0.2, 0.25) is 5.91 Å². The van der Waals surface area contributed by atoms with Crippen molar-refractivity contribution >= 4 is 28.4 Å². The van der Waals surface area contributed by atoms with E-state index in [-0.39, 0.29) is 24.1 Å². The molecule has 2 heterocycles. The molecule has 3 aromatic rings. The summed E-state index contributed by atoms with van der Waals surface area (Å²) >= 11 is 0. The Bertz CT molecular complexity index is 1180. The number of aromatic nitrogens is 2. The van der Waals surface area contributed by atoms with Crippen molar-refractivity contribution in [3.8, 4) is 0 Å². The minimum absolute atomic E-state index is 0.0867. The second kappa shape index (κ2) is 8.53. The number of amides is 1. The topological polar surface area (TPSA) is 58.1 Å². The largest absolute Gasteiger partial charge is 0.437 e. The number of carbonyl (C=O) groups excluding carboxylic acids is 1. The first-order valence-corrected chi connectivity index (χ1v) is 10.1. The molecular weight excluding hydrogens is 450 g/mol. The molecule has 1 unspecified atom stereocenters. The summed E-state index contributed by atoms with van der Waals surface area (Å²) in [4.78, 5) is 22.0. The Balaban J connectivity index is 1.61. The summed E-state index contributed by atoms with van der Waals surface area (Å²) in [5.41, 5.74) is -2.20. The first-order valence-electron chi connectivity index (χ1n) is 10.1. The van der Waals surface area contributed by atoms with Gasteiger partial charge in [0.1, 0.15) is 0 Å². The number of carbonyl (C=O) groups is 1. The fraction of sp³-hybridized carbons (Fsp3) is 0.318. The van der Waals surface area contributed by atoms with Crippen LogP contribution in [0.5, 0.6) is 0 Å². The number of anilines is 2. The summed E-state index contributed by atoms with van der Waals surface area (Å²) in [6.45, 7) is 0.0785. The lowest BCUT2D eigenvalue weighted by atomic mass is 9.96. The second-order valence-electron chi connectivity index (χ2n) is 7.70. The molecule has 0 radical (unpaired) electrons. The minimum atomic E-state index is -4.77. The van der Waals surface area contributed by atoms with Crippen LogP contribution in [0.1, 0.15) is 24.1 Å². The maximum atomic E-state index is 13.7. The van der Waals surface area contributed by atoms with E-state index in [1.165, 1.54) is 29.2 Å². The van der Waals surface area contributed by atoms with Crippen LogP contribution in [0.15, 0.2) is 48.5 Å². The number of rotatable bonds is 3. The molecule has 0 bridgehead atoms. The zero-order chi connectivity index (χ0) is 23.8. The van der Waals surface area contributed by atoms with Crippen molar-refractivity contribution in [1.29, 1.82) is 0 Å². The molecule has 33 heavy (non-hydrogen) atoms. The Morgan fingerprint density at radius 1 is 0.909 bits per heavy atom. The van der Waals surface area contributed by atoms with Crippen LogP contribution in [-0.4, -0.2) is 29.0 Å². The van der Waals surface area contributed by atoms with E-state index in [9.17, 15) is 31.1 Å². The number of alkyl halides is 6. The standard InChI is InChI=1S/C22H18F6N4O/c23-21(24,25)14-7-1-2-8-15(14)31-20(33)13-6-5-11-32(12-13)19-18(22(26,27)28)29-16-9-3-4-10-17(16)30-19/h1-4,7-10,13H,5-6,11-12H2,(H,31,33). The van der Waals surface area contributed by atoms with Gasteiger partial charge in [-0.05, 0) is 37.1 Å². The van der Waals surface area contributed by atoms with Crippen LogP contribution in [0.2, 0.25) is 0 Å². The lowest BCUT2D eigenvalue weighted by Crippen LogP contribution is -2.42. The Morgan fingerprint density at radius 3 is 2.21 bits per heavy atom. The lowest BCUT2D eigenvalue weighted by Gasteiger charge is -2.34. The lowest BCUT2D eigenvalue weighted by molar-refractivity contribution is -0.140. The molecule has 5 nitrogen and oxygen atoms in total. The molecule has 1 saturated heterocycles. The summed E-state index contributed by atoms with van der Waals surface area (Å²) < 4.78 is 80.8. The number of para-hydroxylation sites is 3. The third kappa shape index (κ3) is 4.86. The fourth-order valence-corrected chi connectivity index (χ4v) is 3.86. The molecule has 0 saturated carbocycles. The molecule has 1 aliphatic rings. The molecule has 1 atom stereocenters. The van der Waals surface area contributed by atoms with Gasteiger partial charge < -0.3 is 10.2 Å². The normalized spacial score (nSPS) is 17.3. The van der Waals surface area contributed by atoms with E-state index in [0.29, 0.717) is 12.8 Å². The SMILES string of the molecule is O=C(Nc1ccccc1C(F)(F)F)C1CCCN(c2nc3ccccc3nc2C(F)(F)F)C1. The van der Waals surface area contributed by atoms with Crippen molar-refractivity contribution in [3.05, 3.63) is 59.8 Å². The Kier molecular flexibility index (Phi) is 5.89. The van der Waals surface area contributed by atoms with Crippen molar-refractivity contribution in [2.45, 2.75) is 25.2 Å². The van der Waals surface area contributed by atoms with E-state index in [4.69, 9.17) is 0 Å². The molecule has 1 amide bonds. The highest BCUT2D eigenvalue weighted by molar-refractivity contribution is 5.94. The van der Waals surface area contributed by atoms with Gasteiger partial charge in [-0.2, -0.15) is 26.3 Å². The molecule has 1 aromatic heterocycles. The monoisotopic (exact) mass is 468 g/mol.